The topological polar surface area (TPSA) is 21.3 Å². The molecule has 2 unspecified atom stereocenters. The van der Waals surface area contributed by atoms with Crippen molar-refractivity contribution in [3.63, 3.8) is 0 Å². The van der Waals surface area contributed by atoms with Crippen LogP contribution in [-0.4, -0.2) is 26.8 Å². The molecule has 11 heavy (non-hydrogen) atoms. The molecule has 0 aromatic rings. The number of hydrogen-bond acceptors (Lipinski definition) is 2. The van der Waals surface area contributed by atoms with Crippen LogP contribution in [0.3, 0.4) is 0 Å². The van der Waals surface area contributed by atoms with Crippen molar-refractivity contribution < 1.29 is 4.74 Å². The lowest BCUT2D eigenvalue weighted by molar-refractivity contribution is 0.122. The van der Waals surface area contributed by atoms with Gasteiger partial charge in [-0.15, -0.1) is 0 Å². The zero-order valence-corrected chi connectivity index (χ0v) is 7.60. The van der Waals surface area contributed by atoms with E-state index in [1.807, 2.05) is 0 Å². The molecule has 0 spiro atoms. The smallest absolute Gasteiger partial charge is 0.0491 e. The van der Waals surface area contributed by atoms with Gasteiger partial charge in [-0.1, -0.05) is 6.42 Å². The monoisotopic (exact) mass is 157 g/mol. The van der Waals surface area contributed by atoms with Crippen LogP contribution in [0.2, 0.25) is 0 Å². The summed E-state index contributed by atoms with van der Waals surface area (Å²) in [6.07, 6.45) is 5.35. The summed E-state index contributed by atoms with van der Waals surface area (Å²) >= 11 is 0. The zero-order valence-electron chi connectivity index (χ0n) is 7.60. The van der Waals surface area contributed by atoms with Gasteiger partial charge in [0, 0.05) is 19.8 Å². The highest BCUT2D eigenvalue weighted by Crippen LogP contribution is 2.23. The van der Waals surface area contributed by atoms with Crippen LogP contribution >= 0.6 is 0 Å². The molecular formula is C9H19NO. The van der Waals surface area contributed by atoms with E-state index >= 15 is 0 Å². The number of nitrogens with one attached hydrogen (secondary N) is 1. The molecule has 1 aliphatic carbocycles. The van der Waals surface area contributed by atoms with Crippen LogP contribution in [0.1, 0.15) is 25.7 Å². The molecule has 2 nitrogen and oxygen atoms in total. The molecule has 0 saturated heterocycles. The Hall–Kier alpha value is -0.0800. The quantitative estimate of drug-likeness (QED) is 0.669. The van der Waals surface area contributed by atoms with Gasteiger partial charge in [0.25, 0.3) is 0 Å². The molecule has 0 amide bonds. The molecule has 1 rings (SSSR count). The predicted octanol–water partition coefficient (Wildman–Crippen LogP) is 1.41. The third-order valence-electron chi connectivity index (χ3n) is 2.59. The average Bonchev–Trinajstić information content (AvgIpc) is 2.06. The minimum Gasteiger partial charge on any atom is -0.384 e. The highest BCUT2D eigenvalue weighted by atomic mass is 16.5. The van der Waals surface area contributed by atoms with Crippen LogP contribution in [0.4, 0.5) is 0 Å². The minimum atomic E-state index is 0.740. The van der Waals surface area contributed by atoms with E-state index in [-0.39, 0.29) is 0 Å². The SMILES string of the molecule is CNC1CCCC(COC)C1. The third-order valence-corrected chi connectivity index (χ3v) is 2.59. The van der Waals surface area contributed by atoms with Crippen LogP contribution in [0.15, 0.2) is 0 Å². The first kappa shape index (κ1) is 9.01. The Morgan fingerprint density at radius 2 is 2.27 bits per heavy atom. The normalized spacial score (nSPS) is 32.2. The molecule has 1 saturated carbocycles. The molecule has 0 bridgehead atoms. The highest BCUT2D eigenvalue weighted by molar-refractivity contribution is 4.76. The summed E-state index contributed by atoms with van der Waals surface area (Å²) in [6, 6.07) is 0.740. The zero-order chi connectivity index (χ0) is 8.10. The fourth-order valence-electron chi connectivity index (χ4n) is 1.94. The van der Waals surface area contributed by atoms with E-state index in [0.29, 0.717) is 0 Å². The van der Waals surface area contributed by atoms with Gasteiger partial charge in [0.15, 0.2) is 0 Å². The number of rotatable bonds is 3. The molecule has 2 heteroatoms. The number of hydrogen-bond donors (Lipinski definition) is 1. The lowest BCUT2D eigenvalue weighted by Crippen LogP contribution is -2.32. The maximum absolute atomic E-state index is 5.15. The van der Waals surface area contributed by atoms with Gasteiger partial charge in [-0.3, -0.25) is 0 Å². The number of methoxy groups -OCH3 is 1. The van der Waals surface area contributed by atoms with Gasteiger partial charge >= 0.3 is 0 Å². The predicted molar refractivity (Wildman–Crippen MR) is 46.7 cm³/mol. The molecule has 1 N–H and O–H groups in total. The molecular weight excluding hydrogens is 138 g/mol. The molecule has 1 fully saturated rings. The molecule has 1 aliphatic rings. The Labute approximate surface area is 69.3 Å². The van der Waals surface area contributed by atoms with Crippen LogP contribution in [0, 0.1) is 5.92 Å². The summed E-state index contributed by atoms with van der Waals surface area (Å²) in [5.74, 6) is 0.797. The maximum atomic E-state index is 5.15. The first-order valence-corrected chi connectivity index (χ1v) is 4.53. The van der Waals surface area contributed by atoms with Crippen LogP contribution < -0.4 is 5.32 Å². The van der Waals surface area contributed by atoms with Gasteiger partial charge in [0.05, 0.1) is 0 Å². The Morgan fingerprint density at radius 3 is 2.91 bits per heavy atom. The van der Waals surface area contributed by atoms with Crippen molar-refractivity contribution in [1.29, 1.82) is 0 Å². The van der Waals surface area contributed by atoms with Gasteiger partial charge in [0.2, 0.25) is 0 Å². The van der Waals surface area contributed by atoms with Crippen molar-refractivity contribution >= 4 is 0 Å². The van der Waals surface area contributed by atoms with Crippen molar-refractivity contribution in [3.05, 3.63) is 0 Å². The minimum absolute atomic E-state index is 0.740. The highest BCUT2D eigenvalue weighted by Gasteiger charge is 2.19. The van der Waals surface area contributed by atoms with E-state index in [4.69, 9.17) is 4.74 Å². The van der Waals surface area contributed by atoms with Crippen molar-refractivity contribution in [2.24, 2.45) is 5.92 Å². The van der Waals surface area contributed by atoms with Gasteiger partial charge < -0.3 is 10.1 Å². The summed E-state index contributed by atoms with van der Waals surface area (Å²) in [5, 5.41) is 3.34. The Morgan fingerprint density at radius 1 is 1.45 bits per heavy atom. The Kier molecular flexibility index (Phi) is 3.87. The fourth-order valence-corrected chi connectivity index (χ4v) is 1.94. The maximum Gasteiger partial charge on any atom is 0.0491 e. The van der Waals surface area contributed by atoms with Crippen molar-refractivity contribution in [3.8, 4) is 0 Å². The molecule has 0 aromatic heterocycles. The summed E-state index contributed by atoms with van der Waals surface area (Å²) in [5.41, 5.74) is 0. The molecule has 0 radical (unpaired) electrons. The Balaban J connectivity index is 2.21. The lowest BCUT2D eigenvalue weighted by atomic mass is 9.86. The summed E-state index contributed by atoms with van der Waals surface area (Å²) in [6.45, 7) is 0.943. The second-order valence-corrected chi connectivity index (χ2v) is 3.47. The van der Waals surface area contributed by atoms with E-state index in [1.165, 1.54) is 25.7 Å². The molecule has 66 valence electrons. The first-order chi connectivity index (χ1) is 5.36. The van der Waals surface area contributed by atoms with Gasteiger partial charge in [0.1, 0.15) is 0 Å². The number of ether oxygens (including phenoxy) is 1. The van der Waals surface area contributed by atoms with Crippen molar-refractivity contribution in [2.75, 3.05) is 20.8 Å². The largest absolute Gasteiger partial charge is 0.384 e. The lowest BCUT2D eigenvalue weighted by Gasteiger charge is -2.28. The molecule has 0 aliphatic heterocycles. The van der Waals surface area contributed by atoms with Gasteiger partial charge in [-0.2, -0.15) is 0 Å². The second-order valence-electron chi connectivity index (χ2n) is 3.47. The molecule has 0 aromatic carbocycles. The van der Waals surface area contributed by atoms with Gasteiger partial charge in [-0.25, -0.2) is 0 Å². The fraction of sp³-hybridized carbons (Fsp3) is 1.00. The average molecular weight is 157 g/mol. The first-order valence-electron chi connectivity index (χ1n) is 4.53. The summed E-state index contributed by atoms with van der Waals surface area (Å²) < 4.78 is 5.15. The summed E-state index contributed by atoms with van der Waals surface area (Å²) in [7, 11) is 3.85. The van der Waals surface area contributed by atoms with Crippen LogP contribution in [0.25, 0.3) is 0 Å². The standard InChI is InChI=1S/C9H19NO/c1-10-9-5-3-4-8(6-9)7-11-2/h8-10H,3-7H2,1-2H3. The van der Waals surface area contributed by atoms with Crippen molar-refractivity contribution in [1.82, 2.24) is 5.32 Å². The van der Waals surface area contributed by atoms with Crippen LogP contribution in [0.5, 0.6) is 0 Å². The second kappa shape index (κ2) is 4.73. The van der Waals surface area contributed by atoms with E-state index < -0.39 is 0 Å². The molecule has 2 atom stereocenters. The van der Waals surface area contributed by atoms with Crippen molar-refractivity contribution in [2.45, 2.75) is 31.7 Å². The van der Waals surface area contributed by atoms with Crippen LogP contribution in [-0.2, 0) is 4.74 Å². The van der Waals surface area contributed by atoms with E-state index in [2.05, 4.69) is 12.4 Å². The Bertz CT molecular complexity index is 104. The van der Waals surface area contributed by atoms with E-state index in [9.17, 15) is 0 Å². The van der Waals surface area contributed by atoms with E-state index in [1.54, 1.807) is 7.11 Å². The van der Waals surface area contributed by atoms with E-state index in [0.717, 1.165) is 18.6 Å². The summed E-state index contributed by atoms with van der Waals surface area (Å²) in [4.78, 5) is 0. The van der Waals surface area contributed by atoms with Gasteiger partial charge in [-0.05, 0) is 32.2 Å². The third kappa shape index (κ3) is 2.80. The molecule has 0 heterocycles.